The fourth-order valence-electron chi connectivity index (χ4n) is 5.26. The topological polar surface area (TPSA) is 57.4 Å². The summed E-state index contributed by atoms with van der Waals surface area (Å²) >= 11 is 0. The second-order valence-electron chi connectivity index (χ2n) is 7.89. The van der Waals surface area contributed by atoms with Crippen LogP contribution in [-0.2, 0) is 10.0 Å². The number of nitrogens with zero attached hydrogens (tertiary/aromatic N) is 1. The molecule has 0 aromatic heterocycles. The lowest BCUT2D eigenvalue weighted by molar-refractivity contribution is -0.0240. The molecule has 1 heterocycles. The first-order chi connectivity index (χ1) is 11.4. The van der Waals surface area contributed by atoms with Crippen LogP contribution in [0.15, 0.2) is 29.2 Å². The minimum Gasteiger partial charge on any atom is -0.388 e. The van der Waals surface area contributed by atoms with Crippen LogP contribution >= 0.6 is 0 Å². The third-order valence-corrected chi connectivity index (χ3v) is 8.48. The Morgan fingerprint density at radius 2 is 1.62 bits per heavy atom. The maximum Gasteiger partial charge on any atom is 0.244 e. The number of piperidine rings is 1. The predicted molar refractivity (Wildman–Crippen MR) is 93.2 cm³/mol. The molecule has 1 aliphatic heterocycles. The SMILES string of the molecule is Cc1ccc(S(=O)(=O)N2[C@H]3CCC[C@]32C2(O)CCCCCC2)cc1. The van der Waals surface area contributed by atoms with Crippen molar-refractivity contribution in [1.82, 2.24) is 4.31 Å². The van der Waals surface area contributed by atoms with E-state index in [1.54, 1.807) is 16.4 Å². The standard InChI is InChI=1S/C19H27NO3S/c1-15-8-10-16(11-9-15)24(22,23)20-17-7-6-14-19(17,20)18(21)12-4-2-3-5-13-18/h8-11,17,21H,2-7,12-14H2,1H3/t17-,19+,20?/m0/s1. The Balaban J connectivity index is 1.70. The van der Waals surface area contributed by atoms with Crippen LogP contribution < -0.4 is 0 Å². The Hall–Kier alpha value is -0.910. The molecule has 1 N–H and O–H groups in total. The van der Waals surface area contributed by atoms with E-state index < -0.39 is 21.2 Å². The first-order valence-electron chi connectivity index (χ1n) is 9.25. The van der Waals surface area contributed by atoms with Crippen LogP contribution in [0, 0.1) is 6.92 Å². The minimum atomic E-state index is -3.53. The van der Waals surface area contributed by atoms with Crippen molar-refractivity contribution >= 4 is 10.0 Å². The molecule has 2 saturated carbocycles. The van der Waals surface area contributed by atoms with Gasteiger partial charge in [-0.25, -0.2) is 8.42 Å². The molecule has 1 aromatic carbocycles. The Morgan fingerprint density at radius 1 is 1.00 bits per heavy atom. The maximum absolute atomic E-state index is 13.2. The van der Waals surface area contributed by atoms with Gasteiger partial charge in [-0.2, -0.15) is 4.31 Å². The van der Waals surface area contributed by atoms with Crippen LogP contribution in [0.5, 0.6) is 0 Å². The van der Waals surface area contributed by atoms with Crippen LogP contribution in [0.4, 0.5) is 0 Å². The molecule has 0 bridgehead atoms. The summed E-state index contributed by atoms with van der Waals surface area (Å²) < 4.78 is 28.1. The van der Waals surface area contributed by atoms with E-state index in [2.05, 4.69) is 0 Å². The lowest BCUT2D eigenvalue weighted by Gasteiger charge is -2.35. The first kappa shape index (κ1) is 16.6. The molecule has 1 unspecified atom stereocenters. The van der Waals surface area contributed by atoms with Gasteiger partial charge in [-0.05, 0) is 51.2 Å². The molecule has 132 valence electrons. The lowest BCUT2D eigenvalue weighted by atomic mass is 9.79. The minimum absolute atomic E-state index is 0.00750. The highest BCUT2D eigenvalue weighted by Crippen LogP contribution is 2.63. The zero-order chi connectivity index (χ0) is 17.0. The van der Waals surface area contributed by atoms with Gasteiger partial charge in [0.1, 0.15) is 0 Å². The highest BCUT2D eigenvalue weighted by Gasteiger charge is 2.77. The molecule has 0 spiro atoms. The monoisotopic (exact) mass is 349 g/mol. The van der Waals surface area contributed by atoms with Crippen LogP contribution in [-0.4, -0.2) is 35.0 Å². The van der Waals surface area contributed by atoms with Crippen molar-refractivity contribution in [3.63, 3.8) is 0 Å². The van der Waals surface area contributed by atoms with Gasteiger partial charge in [-0.1, -0.05) is 43.4 Å². The Bertz CT molecular complexity index is 719. The number of benzene rings is 1. The normalized spacial score (nSPS) is 35.2. The second-order valence-corrected chi connectivity index (χ2v) is 9.71. The summed E-state index contributed by atoms with van der Waals surface area (Å²) in [4.78, 5) is 0.360. The summed E-state index contributed by atoms with van der Waals surface area (Å²) in [5.41, 5.74) is -0.333. The largest absolute Gasteiger partial charge is 0.388 e. The summed E-state index contributed by atoms with van der Waals surface area (Å²) in [5, 5.41) is 11.5. The molecule has 3 fully saturated rings. The van der Waals surface area contributed by atoms with Gasteiger partial charge < -0.3 is 5.11 Å². The zero-order valence-corrected chi connectivity index (χ0v) is 15.2. The van der Waals surface area contributed by atoms with E-state index in [9.17, 15) is 13.5 Å². The molecule has 1 aromatic rings. The van der Waals surface area contributed by atoms with E-state index in [1.807, 2.05) is 19.1 Å². The smallest absolute Gasteiger partial charge is 0.244 e. The predicted octanol–water partition coefficient (Wildman–Crippen LogP) is 3.38. The number of fused-ring (bicyclic) bond motifs is 1. The van der Waals surface area contributed by atoms with Gasteiger partial charge in [0.05, 0.1) is 16.0 Å². The van der Waals surface area contributed by atoms with E-state index in [1.165, 1.54) is 0 Å². The Kier molecular flexibility index (Phi) is 3.83. The fourth-order valence-corrected chi connectivity index (χ4v) is 7.35. The van der Waals surface area contributed by atoms with Gasteiger partial charge in [-0.15, -0.1) is 0 Å². The number of aliphatic hydroxyl groups is 1. The summed E-state index contributed by atoms with van der Waals surface area (Å²) in [6.07, 6.45) is 8.49. The Labute approximate surface area is 144 Å². The van der Waals surface area contributed by atoms with Crippen LogP contribution in [0.2, 0.25) is 0 Å². The maximum atomic E-state index is 13.2. The van der Waals surface area contributed by atoms with Crippen LogP contribution in [0.3, 0.4) is 0 Å². The average molecular weight is 349 g/mol. The molecule has 0 amide bonds. The van der Waals surface area contributed by atoms with Gasteiger partial charge in [0, 0.05) is 6.04 Å². The number of rotatable bonds is 3. The summed E-state index contributed by atoms with van der Waals surface area (Å²) in [5.74, 6) is 0. The molecule has 0 radical (unpaired) electrons. The van der Waals surface area contributed by atoms with Gasteiger partial charge in [0.2, 0.25) is 10.0 Å². The number of hydrogen-bond donors (Lipinski definition) is 1. The van der Waals surface area contributed by atoms with Crippen molar-refractivity contribution in [2.75, 3.05) is 0 Å². The van der Waals surface area contributed by atoms with Crippen molar-refractivity contribution in [2.24, 2.45) is 0 Å². The number of sulfonamides is 1. The number of hydrogen-bond acceptors (Lipinski definition) is 3. The molecule has 3 aliphatic rings. The molecule has 4 rings (SSSR count). The van der Waals surface area contributed by atoms with E-state index in [0.717, 1.165) is 63.4 Å². The highest BCUT2D eigenvalue weighted by molar-refractivity contribution is 7.89. The van der Waals surface area contributed by atoms with Crippen LogP contribution in [0.25, 0.3) is 0 Å². The molecule has 4 nitrogen and oxygen atoms in total. The van der Waals surface area contributed by atoms with E-state index >= 15 is 0 Å². The van der Waals surface area contributed by atoms with Crippen LogP contribution in [0.1, 0.15) is 63.4 Å². The lowest BCUT2D eigenvalue weighted by Crippen LogP contribution is -2.48. The first-order valence-corrected chi connectivity index (χ1v) is 10.7. The molecular weight excluding hydrogens is 322 g/mol. The summed E-state index contributed by atoms with van der Waals surface area (Å²) in [7, 11) is -3.53. The average Bonchev–Trinajstić information content (AvgIpc) is 3.13. The third kappa shape index (κ3) is 2.21. The van der Waals surface area contributed by atoms with Crippen molar-refractivity contribution in [3.8, 4) is 0 Å². The van der Waals surface area contributed by atoms with Gasteiger partial charge in [0.25, 0.3) is 0 Å². The van der Waals surface area contributed by atoms with Crippen molar-refractivity contribution in [1.29, 1.82) is 0 Å². The molecule has 24 heavy (non-hydrogen) atoms. The number of aryl methyl sites for hydroxylation is 1. The van der Waals surface area contributed by atoms with Crippen molar-refractivity contribution in [3.05, 3.63) is 29.8 Å². The molecule has 3 atom stereocenters. The van der Waals surface area contributed by atoms with Gasteiger partial charge in [0.15, 0.2) is 0 Å². The summed E-state index contributed by atoms with van der Waals surface area (Å²) in [6.45, 7) is 1.96. The van der Waals surface area contributed by atoms with E-state index in [-0.39, 0.29) is 6.04 Å². The van der Waals surface area contributed by atoms with Crippen molar-refractivity contribution in [2.45, 2.75) is 86.8 Å². The molecule has 5 heteroatoms. The quantitative estimate of drug-likeness (QED) is 0.672. The van der Waals surface area contributed by atoms with E-state index in [4.69, 9.17) is 0 Å². The van der Waals surface area contributed by atoms with Crippen molar-refractivity contribution < 1.29 is 13.5 Å². The third-order valence-electron chi connectivity index (χ3n) is 6.51. The molecule has 1 saturated heterocycles. The second kappa shape index (κ2) is 5.55. The van der Waals surface area contributed by atoms with Gasteiger partial charge in [-0.3, -0.25) is 0 Å². The van der Waals surface area contributed by atoms with E-state index in [0.29, 0.717) is 4.90 Å². The zero-order valence-electron chi connectivity index (χ0n) is 14.4. The Morgan fingerprint density at radius 3 is 2.25 bits per heavy atom. The highest BCUT2D eigenvalue weighted by atomic mass is 32.2. The van der Waals surface area contributed by atoms with Gasteiger partial charge >= 0.3 is 0 Å². The fraction of sp³-hybridized carbons (Fsp3) is 0.684. The molecule has 2 aliphatic carbocycles. The summed E-state index contributed by atoms with van der Waals surface area (Å²) in [6, 6.07) is 7.08. The molecular formula is C19H27NO3S.